The van der Waals surface area contributed by atoms with E-state index in [1.165, 1.54) is 5.56 Å². The fraction of sp³-hybridized carbons (Fsp3) is 0.417. The van der Waals surface area contributed by atoms with E-state index in [0.717, 1.165) is 31.9 Å². The Morgan fingerprint density at radius 3 is 3.00 bits per heavy atom. The molecule has 1 saturated heterocycles. The molecule has 0 radical (unpaired) electrons. The zero-order valence-corrected chi connectivity index (χ0v) is 9.58. The highest BCUT2D eigenvalue weighted by molar-refractivity contribution is 5.12. The number of hydrogen-bond donors (Lipinski definition) is 1. The van der Waals surface area contributed by atoms with Crippen LogP contribution in [0, 0.1) is 0 Å². The van der Waals surface area contributed by atoms with Crippen LogP contribution in [0.25, 0.3) is 0 Å². The second kappa shape index (κ2) is 4.63. The van der Waals surface area contributed by atoms with Crippen molar-refractivity contribution in [3.8, 4) is 0 Å². The van der Waals surface area contributed by atoms with Gasteiger partial charge in [-0.3, -0.25) is 4.98 Å². The molecule has 1 fully saturated rings. The second-order valence-corrected chi connectivity index (χ2v) is 4.36. The topological polar surface area (TPSA) is 55.6 Å². The zero-order valence-electron chi connectivity index (χ0n) is 9.58. The molecule has 0 spiro atoms. The molecular formula is C12H15N5. The summed E-state index contributed by atoms with van der Waals surface area (Å²) in [6, 6.07) is 4.05. The lowest BCUT2D eigenvalue weighted by Gasteiger charge is -2.10. The average Bonchev–Trinajstić information content (AvgIpc) is 3.00. The lowest BCUT2D eigenvalue weighted by molar-refractivity contribution is 0.631. The van der Waals surface area contributed by atoms with E-state index in [1.54, 1.807) is 0 Å². The first-order valence-corrected chi connectivity index (χ1v) is 5.91. The van der Waals surface area contributed by atoms with Crippen LogP contribution in [0.2, 0.25) is 0 Å². The fourth-order valence-electron chi connectivity index (χ4n) is 2.26. The summed E-state index contributed by atoms with van der Waals surface area (Å²) in [5.41, 5.74) is 1.23. The molecule has 17 heavy (non-hydrogen) atoms. The molecule has 5 heteroatoms. The molecule has 3 rings (SSSR count). The van der Waals surface area contributed by atoms with Crippen molar-refractivity contribution in [3.63, 3.8) is 0 Å². The van der Waals surface area contributed by atoms with E-state index in [0.29, 0.717) is 5.92 Å². The van der Waals surface area contributed by atoms with E-state index in [9.17, 15) is 0 Å². The van der Waals surface area contributed by atoms with Crippen LogP contribution in [0.5, 0.6) is 0 Å². The summed E-state index contributed by atoms with van der Waals surface area (Å²) in [4.78, 5) is 4.02. The normalized spacial score (nSPS) is 19.6. The number of aromatic nitrogens is 4. The number of nitrogens with zero attached hydrogens (tertiary/aromatic N) is 4. The Morgan fingerprint density at radius 1 is 1.35 bits per heavy atom. The van der Waals surface area contributed by atoms with Crippen LogP contribution in [0.4, 0.5) is 0 Å². The van der Waals surface area contributed by atoms with Crippen LogP contribution in [0.1, 0.15) is 23.7 Å². The van der Waals surface area contributed by atoms with Gasteiger partial charge in [0, 0.05) is 24.9 Å². The summed E-state index contributed by atoms with van der Waals surface area (Å²) in [7, 11) is 0. The first-order chi connectivity index (χ1) is 8.43. The summed E-state index contributed by atoms with van der Waals surface area (Å²) in [5, 5.41) is 11.6. The van der Waals surface area contributed by atoms with Crippen molar-refractivity contribution in [2.24, 2.45) is 0 Å². The standard InChI is InChI=1S/C12H15N5/c1-4-13-5-2-10(1)8-17-9-15-16-12(17)11-3-6-14-7-11/h1-2,4-5,9,11,14H,3,6-8H2. The van der Waals surface area contributed by atoms with E-state index in [-0.39, 0.29) is 0 Å². The van der Waals surface area contributed by atoms with Crippen molar-refractivity contribution in [1.29, 1.82) is 0 Å². The highest BCUT2D eigenvalue weighted by atomic mass is 15.3. The third-order valence-corrected chi connectivity index (χ3v) is 3.17. The van der Waals surface area contributed by atoms with Crippen LogP contribution >= 0.6 is 0 Å². The molecule has 0 bridgehead atoms. The molecule has 0 amide bonds. The van der Waals surface area contributed by atoms with Crippen molar-refractivity contribution >= 4 is 0 Å². The van der Waals surface area contributed by atoms with Gasteiger partial charge in [0.25, 0.3) is 0 Å². The van der Waals surface area contributed by atoms with Crippen molar-refractivity contribution < 1.29 is 0 Å². The van der Waals surface area contributed by atoms with E-state index in [4.69, 9.17) is 0 Å². The van der Waals surface area contributed by atoms with Crippen LogP contribution in [0.3, 0.4) is 0 Å². The molecule has 5 nitrogen and oxygen atoms in total. The lowest BCUT2D eigenvalue weighted by atomic mass is 10.1. The molecule has 1 atom stereocenters. The van der Waals surface area contributed by atoms with E-state index in [1.807, 2.05) is 30.9 Å². The SMILES string of the molecule is c1cc(Cn2cnnc2C2CCNC2)ccn1. The van der Waals surface area contributed by atoms with E-state index < -0.39 is 0 Å². The first kappa shape index (κ1) is 10.4. The zero-order chi connectivity index (χ0) is 11.5. The van der Waals surface area contributed by atoms with Gasteiger partial charge in [-0.1, -0.05) is 0 Å². The average molecular weight is 229 g/mol. The maximum atomic E-state index is 4.25. The minimum Gasteiger partial charge on any atom is -0.316 e. The summed E-state index contributed by atoms with van der Waals surface area (Å²) >= 11 is 0. The highest BCUT2D eigenvalue weighted by Gasteiger charge is 2.21. The molecule has 1 aliphatic rings. The number of rotatable bonds is 3. The van der Waals surface area contributed by atoms with Gasteiger partial charge in [-0.15, -0.1) is 10.2 Å². The van der Waals surface area contributed by atoms with Gasteiger partial charge < -0.3 is 9.88 Å². The van der Waals surface area contributed by atoms with Gasteiger partial charge in [0.1, 0.15) is 12.2 Å². The Hall–Kier alpha value is -1.75. The predicted octanol–water partition coefficient (Wildman–Crippen LogP) is 0.798. The Kier molecular flexibility index (Phi) is 2.83. The molecule has 2 aromatic heterocycles. The van der Waals surface area contributed by atoms with Gasteiger partial charge in [0.05, 0.1) is 6.54 Å². The van der Waals surface area contributed by atoms with Crippen molar-refractivity contribution in [1.82, 2.24) is 25.1 Å². The Bertz CT molecular complexity index is 473. The molecule has 88 valence electrons. The summed E-state index contributed by atoms with van der Waals surface area (Å²) in [6.07, 6.45) is 6.59. The molecule has 1 N–H and O–H groups in total. The van der Waals surface area contributed by atoms with Crippen LogP contribution in [-0.4, -0.2) is 32.8 Å². The van der Waals surface area contributed by atoms with E-state index in [2.05, 4.69) is 25.1 Å². The van der Waals surface area contributed by atoms with Crippen LogP contribution in [-0.2, 0) is 6.54 Å². The molecule has 3 heterocycles. The van der Waals surface area contributed by atoms with Gasteiger partial charge in [0.2, 0.25) is 0 Å². The first-order valence-electron chi connectivity index (χ1n) is 5.91. The Morgan fingerprint density at radius 2 is 2.24 bits per heavy atom. The second-order valence-electron chi connectivity index (χ2n) is 4.36. The Labute approximate surface area is 99.9 Å². The molecule has 1 unspecified atom stereocenters. The maximum Gasteiger partial charge on any atom is 0.137 e. The van der Waals surface area contributed by atoms with Gasteiger partial charge in [0.15, 0.2) is 0 Å². The number of nitrogens with one attached hydrogen (secondary N) is 1. The Balaban J connectivity index is 1.81. The summed E-state index contributed by atoms with van der Waals surface area (Å²) < 4.78 is 2.13. The smallest absolute Gasteiger partial charge is 0.137 e. The fourth-order valence-corrected chi connectivity index (χ4v) is 2.26. The minimum absolute atomic E-state index is 0.499. The summed E-state index contributed by atoms with van der Waals surface area (Å²) in [5.74, 6) is 1.59. The van der Waals surface area contributed by atoms with Gasteiger partial charge in [-0.25, -0.2) is 0 Å². The van der Waals surface area contributed by atoms with Crippen molar-refractivity contribution in [2.45, 2.75) is 18.9 Å². The lowest BCUT2D eigenvalue weighted by Crippen LogP contribution is -2.13. The largest absolute Gasteiger partial charge is 0.316 e. The monoisotopic (exact) mass is 229 g/mol. The predicted molar refractivity (Wildman–Crippen MR) is 63.6 cm³/mol. The molecular weight excluding hydrogens is 214 g/mol. The van der Waals surface area contributed by atoms with Crippen LogP contribution < -0.4 is 5.32 Å². The van der Waals surface area contributed by atoms with E-state index >= 15 is 0 Å². The molecule has 1 aliphatic heterocycles. The van der Waals surface area contributed by atoms with Gasteiger partial charge >= 0.3 is 0 Å². The quantitative estimate of drug-likeness (QED) is 0.845. The number of pyridine rings is 1. The third kappa shape index (κ3) is 2.19. The highest BCUT2D eigenvalue weighted by Crippen LogP contribution is 2.20. The van der Waals surface area contributed by atoms with Gasteiger partial charge in [-0.2, -0.15) is 0 Å². The minimum atomic E-state index is 0.499. The molecule has 0 aromatic carbocycles. The van der Waals surface area contributed by atoms with Crippen molar-refractivity contribution in [2.75, 3.05) is 13.1 Å². The summed E-state index contributed by atoms with van der Waals surface area (Å²) in [6.45, 7) is 2.91. The third-order valence-electron chi connectivity index (χ3n) is 3.17. The van der Waals surface area contributed by atoms with Gasteiger partial charge in [-0.05, 0) is 30.7 Å². The van der Waals surface area contributed by atoms with Crippen molar-refractivity contribution in [3.05, 3.63) is 42.2 Å². The molecule has 2 aromatic rings. The molecule has 0 saturated carbocycles. The molecule has 0 aliphatic carbocycles. The number of hydrogen-bond acceptors (Lipinski definition) is 4. The maximum absolute atomic E-state index is 4.25. The van der Waals surface area contributed by atoms with Crippen LogP contribution in [0.15, 0.2) is 30.9 Å².